The molecule has 2 heterocycles. The van der Waals surface area contributed by atoms with Gasteiger partial charge in [-0.1, -0.05) is 46.7 Å². The van der Waals surface area contributed by atoms with E-state index >= 15 is 0 Å². The molecule has 0 radical (unpaired) electrons. The average molecular weight is 410 g/mol. The Morgan fingerprint density at radius 3 is 2.65 bits per heavy atom. The fourth-order valence-electron chi connectivity index (χ4n) is 1.75. The molecule has 0 spiro atoms. The summed E-state index contributed by atoms with van der Waals surface area (Å²) in [6.07, 6.45) is 0. The molecule has 1 N–H and O–H groups in total. The van der Waals surface area contributed by atoms with Gasteiger partial charge < -0.3 is 0 Å². The van der Waals surface area contributed by atoms with Gasteiger partial charge in [0, 0.05) is 11.6 Å². The minimum atomic E-state index is -3.82. The molecule has 0 fully saturated rings. The molecule has 23 heavy (non-hydrogen) atoms. The molecule has 0 atom stereocenters. The van der Waals surface area contributed by atoms with Crippen LogP contribution in [-0.2, 0) is 16.6 Å². The molecule has 3 rings (SSSR count). The van der Waals surface area contributed by atoms with Gasteiger partial charge in [0.15, 0.2) is 10.8 Å². The topological polar surface area (TPSA) is 84.8 Å². The molecule has 3 aromatic rings. The lowest BCUT2D eigenvalue weighted by molar-refractivity contribution is 0.580. The SMILES string of the molecule is O=S(=O)(NCc1cccc(Cl)c1)c1nc2nc(Cl)nc(Cl)c2s1. The molecule has 2 aromatic heterocycles. The average Bonchev–Trinajstić information content (AvgIpc) is 2.90. The van der Waals surface area contributed by atoms with Crippen molar-refractivity contribution in [2.45, 2.75) is 10.9 Å². The number of aromatic nitrogens is 3. The van der Waals surface area contributed by atoms with Gasteiger partial charge in [0.25, 0.3) is 10.0 Å². The van der Waals surface area contributed by atoms with Crippen LogP contribution >= 0.6 is 46.1 Å². The lowest BCUT2D eigenvalue weighted by Gasteiger charge is -2.04. The Kier molecular flexibility index (Phi) is 4.73. The Balaban J connectivity index is 1.89. The molecule has 11 heteroatoms. The fraction of sp³-hybridized carbons (Fsp3) is 0.0833. The Hall–Kier alpha value is -1.03. The van der Waals surface area contributed by atoms with Crippen molar-refractivity contribution in [3.05, 3.63) is 45.3 Å². The van der Waals surface area contributed by atoms with Gasteiger partial charge in [-0.15, -0.1) is 0 Å². The van der Waals surface area contributed by atoms with E-state index in [9.17, 15) is 8.42 Å². The summed E-state index contributed by atoms with van der Waals surface area (Å²) in [6.45, 7) is 0.0823. The van der Waals surface area contributed by atoms with E-state index < -0.39 is 10.0 Å². The summed E-state index contributed by atoms with van der Waals surface area (Å²) in [5.74, 6) is 0. The molecular formula is C12H7Cl3N4O2S2. The van der Waals surface area contributed by atoms with E-state index in [0.717, 1.165) is 16.9 Å². The predicted octanol–water partition coefficient (Wildman–Crippen LogP) is 3.53. The second-order valence-corrected chi connectivity index (χ2v) is 8.44. The number of nitrogens with one attached hydrogen (secondary N) is 1. The third-order valence-corrected chi connectivity index (χ3v) is 6.37. The molecule has 0 unspecified atom stereocenters. The van der Waals surface area contributed by atoms with Gasteiger partial charge in [-0.2, -0.15) is 4.98 Å². The highest BCUT2D eigenvalue weighted by Gasteiger charge is 2.21. The quantitative estimate of drug-likeness (QED) is 0.526. The van der Waals surface area contributed by atoms with Gasteiger partial charge in [-0.3, -0.25) is 0 Å². The highest BCUT2D eigenvalue weighted by Crippen LogP contribution is 2.30. The molecule has 0 aliphatic carbocycles. The number of fused-ring (bicyclic) bond motifs is 1. The number of hydrogen-bond acceptors (Lipinski definition) is 6. The molecule has 0 bridgehead atoms. The smallest absolute Gasteiger partial charge is 0.205 e. The molecule has 0 saturated heterocycles. The number of rotatable bonds is 4. The zero-order chi connectivity index (χ0) is 16.6. The van der Waals surface area contributed by atoms with E-state index in [1.807, 2.05) is 0 Å². The third-order valence-electron chi connectivity index (χ3n) is 2.75. The summed E-state index contributed by atoms with van der Waals surface area (Å²) in [4.78, 5) is 11.6. The van der Waals surface area contributed by atoms with E-state index in [1.54, 1.807) is 24.3 Å². The first-order valence-electron chi connectivity index (χ1n) is 6.09. The Morgan fingerprint density at radius 2 is 1.91 bits per heavy atom. The number of hydrogen-bond donors (Lipinski definition) is 1. The molecule has 120 valence electrons. The van der Waals surface area contributed by atoms with Crippen molar-refractivity contribution in [3.8, 4) is 0 Å². The Bertz CT molecular complexity index is 991. The van der Waals surface area contributed by atoms with E-state index in [-0.39, 0.29) is 27.0 Å². The first-order chi connectivity index (χ1) is 10.8. The maximum absolute atomic E-state index is 12.3. The van der Waals surface area contributed by atoms with Crippen molar-refractivity contribution in [1.82, 2.24) is 19.7 Å². The summed E-state index contributed by atoms with van der Waals surface area (Å²) in [6, 6.07) is 6.87. The van der Waals surface area contributed by atoms with Crippen LogP contribution in [0.3, 0.4) is 0 Å². The van der Waals surface area contributed by atoms with Gasteiger partial charge >= 0.3 is 0 Å². The lowest BCUT2D eigenvalue weighted by atomic mass is 10.2. The Labute approximate surface area is 150 Å². The zero-order valence-corrected chi connectivity index (χ0v) is 15.0. The van der Waals surface area contributed by atoms with Crippen molar-refractivity contribution in [1.29, 1.82) is 0 Å². The van der Waals surface area contributed by atoms with Gasteiger partial charge in [0.2, 0.25) is 9.62 Å². The van der Waals surface area contributed by atoms with Crippen LogP contribution in [0.2, 0.25) is 15.5 Å². The van der Waals surface area contributed by atoms with Crippen LogP contribution in [0.15, 0.2) is 28.6 Å². The van der Waals surface area contributed by atoms with Crippen LogP contribution in [0.5, 0.6) is 0 Å². The second kappa shape index (κ2) is 6.46. The highest BCUT2D eigenvalue weighted by molar-refractivity contribution is 7.91. The first kappa shape index (κ1) is 16.8. The largest absolute Gasteiger partial charge is 0.268 e. The molecular weight excluding hydrogens is 403 g/mol. The molecule has 0 aliphatic rings. The number of benzene rings is 1. The summed E-state index contributed by atoms with van der Waals surface area (Å²) in [5.41, 5.74) is 0.867. The van der Waals surface area contributed by atoms with E-state index in [0.29, 0.717) is 9.72 Å². The molecule has 0 saturated carbocycles. The minimum absolute atomic E-state index is 0.0637. The summed E-state index contributed by atoms with van der Waals surface area (Å²) < 4.78 is 27.3. The molecule has 6 nitrogen and oxygen atoms in total. The summed E-state index contributed by atoms with van der Waals surface area (Å²) >= 11 is 18.3. The van der Waals surface area contributed by atoms with Crippen LogP contribution in [0, 0.1) is 0 Å². The maximum Gasteiger partial charge on any atom is 0.268 e. The van der Waals surface area contributed by atoms with Crippen molar-refractivity contribution in [2.75, 3.05) is 0 Å². The van der Waals surface area contributed by atoms with Crippen LogP contribution in [0.1, 0.15) is 5.56 Å². The lowest BCUT2D eigenvalue weighted by Crippen LogP contribution is -2.23. The van der Waals surface area contributed by atoms with Crippen LogP contribution in [-0.4, -0.2) is 23.4 Å². The van der Waals surface area contributed by atoms with E-state index in [2.05, 4.69) is 19.7 Å². The normalized spacial score (nSPS) is 12.0. The molecule has 0 aliphatic heterocycles. The highest BCUT2D eigenvalue weighted by atomic mass is 35.5. The maximum atomic E-state index is 12.3. The number of thiazole rings is 1. The second-order valence-electron chi connectivity index (χ2n) is 4.37. The van der Waals surface area contributed by atoms with Gasteiger partial charge in [-0.25, -0.2) is 23.1 Å². The number of sulfonamides is 1. The number of nitrogens with zero attached hydrogens (tertiary/aromatic N) is 3. The van der Waals surface area contributed by atoms with Crippen molar-refractivity contribution < 1.29 is 8.42 Å². The van der Waals surface area contributed by atoms with Crippen LogP contribution in [0.4, 0.5) is 0 Å². The van der Waals surface area contributed by atoms with E-state index in [4.69, 9.17) is 34.8 Å². The minimum Gasteiger partial charge on any atom is -0.205 e. The van der Waals surface area contributed by atoms with Crippen molar-refractivity contribution in [2.24, 2.45) is 0 Å². The van der Waals surface area contributed by atoms with E-state index in [1.165, 1.54) is 0 Å². The predicted molar refractivity (Wildman–Crippen MR) is 90.7 cm³/mol. The standard InChI is InChI=1S/C12H7Cl3N4O2S2/c13-7-3-1-2-6(4-7)5-16-23(20,21)12-19-10-8(22-12)9(14)17-11(15)18-10/h1-4,16H,5H2. The van der Waals surface area contributed by atoms with Crippen molar-refractivity contribution >= 4 is 66.5 Å². The molecule has 1 aromatic carbocycles. The Morgan fingerprint density at radius 1 is 1.13 bits per heavy atom. The third kappa shape index (κ3) is 3.73. The van der Waals surface area contributed by atoms with Gasteiger partial charge in [0.1, 0.15) is 4.70 Å². The number of halogens is 3. The monoisotopic (exact) mass is 408 g/mol. The summed E-state index contributed by atoms with van der Waals surface area (Å²) in [5, 5.41) is 0.496. The van der Waals surface area contributed by atoms with Gasteiger partial charge in [0.05, 0.1) is 0 Å². The van der Waals surface area contributed by atoms with Crippen LogP contribution < -0.4 is 4.72 Å². The molecule has 0 amide bonds. The fourth-order valence-corrected chi connectivity index (χ4v) is 4.62. The zero-order valence-electron chi connectivity index (χ0n) is 11.1. The van der Waals surface area contributed by atoms with Crippen LogP contribution in [0.25, 0.3) is 10.3 Å². The summed E-state index contributed by atoms with van der Waals surface area (Å²) in [7, 11) is -3.82. The first-order valence-corrected chi connectivity index (χ1v) is 9.52. The van der Waals surface area contributed by atoms with Crippen molar-refractivity contribution in [3.63, 3.8) is 0 Å². The van der Waals surface area contributed by atoms with Gasteiger partial charge in [-0.05, 0) is 29.3 Å².